The fourth-order valence-corrected chi connectivity index (χ4v) is 4.65. The van der Waals surface area contributed by atoms with Gasteiger partial charge in [-0.1, -0.05) is 12.1 Å². The summed E-state index contributed by atoms with van der Waals surface area (Å²) in [6.07, 6.45) is 3.73. The van der Waals surface area contributed by atoms with Crippen molar-refractivity contribution in [1.82, 2.24) is 9.71 Å². The van der Waals surface area contributed by atoms with Gasteiger partial charge in [0, 0.05) is 30.7 Å². The van der Waals surface area contributed by atoms with E-state index in [-0.39, 0.29) is 17.6 Å². The fraction of sp³-hybridized carbons (Fsp3) is 0.400. The summed E-state index contributed by atoms with van der Waals surface area (Å²) in [5, 5.41) is 2.86. The van der Waals surface area contributed by atoms with Crippen molar-refractivity contribution in [2.24, 2.45) is 0 Å². The van der Waals surface area contributed by atoms with Gasteiger partial charge in [0.05, 0.1) is 5.75 Å². The van der Waals surface area contributed by atoms with E-state index in [0.29, 0.717) is 12.1 Å². The van der Waals surface area contributed by atoms with E-state index >= 15 is 0 Å². The van der Waals surface area contributed by atoms with E-state index in [2.05, 4.69) is 14.6 Å². The number of nitrogens with zero attached hydrogens (tertiary/aromatic N) is 2. The number of hydrogen-bond acceptors (Lipinski definition) is 5. The van der Waals surface area contributed by atoms with Gasteiger partial charge in [-0.15, -0.1) is 11.3 Å². The fourth-order valence-electron chi connectivity index (χ4n) is 2.73. The zero-order valence-corrected chi connectivity index (χ0v) is 14.1. The van der Waals surface area contributed by atoms with Crippen molar-refractivity contribution in [1.29, 1.82) is 0 Å². The number of nitrogens with one attached hydrogen (secondary N) is 1. The third-order valence-corrected chi connectivity index (χ3v) is 5.98. The van der Waals surface area contributed by atoms with Gasteiger partial charge >= 0.3 is 0 Å². The van der Waals surface area contributed by atoms with E-state index in [1.54, 1.807) is 17.5 Å². The van der Waals surface area contributed by atoms with Crippen molar-refractivity contribution in [3.8, 4) is 0 Å². The molecule has 0 aliphatic carbocycles. The maximum Gasteiger partial charge on any atom is 0.215 e. The molecular formula is C15H18FN3O2S2. The lowest BCUT2D eigenvalue weighted by Crippen LogP contribution is -2.40. The van der Waals surface area contributed by atoms with Crippen LogP contribution in [0.5, 0.6) is 0 Å². The van der Waals surface area contributed by atoms with E-state index in [9.17, 15) is 12.8 Å². The molecule has 1 atom stereocenters. The highest BCUT2D eigenvalue weighted by molar-refractivity contribution is 7.88. The predicted octanol–water partition coefficient (Wildman–Crippen LogP) is 2.37. The Labute approximate surface area is 139 Å². The van der Waals surface area contributed by atoms with Crippen LogP contribution in [0.25, 0.3) is 0 Å². The third-order valence-electron chi connectivity index (χ3n) is 3.85. The highest BCUT2D eigenvalue weighted by atomic mass is 32.2. The molecule has 1 unspecified atom stereocenters. The van der Waals surface area contributed by atoms with Crippen LogP contribution in [0, 0.1) is 5.82 Å². The van der Waals surface area contributed by atoms with Crippen LogP contribution in [0.1, 0.15) is 18.4 Å². The van der Waals surface area contributed by atoms with Crippen LogP contribution in [0.15, 0.2) is 35.8 Å². The molecule has 1 saturated heterocycles. The Morgan fingerprint density at radius 1 is 1.35 bits per heavy atom. The lowest BCUT2D eigenvalue weighted by molar-refractivity contribution is 0.566. The molecule has 23 heavy (non-hydrogen) atoms. The Balaban J connectivity index is 1.59. The summed E-state index contributed by atoms with van der Waals surface area (Å²) in [5.41, 5.74) is 0.571. The molecule has 1 aromatic heterocycles. The lowest BCUT2D eigenvalue weighted by atomic mass is 10.2. The van der Waals surface area contributed by atoms with E-state index in [1.165, 1.54) is 24.3 Å². The molecule has 0 amide bonds. The number of halogens is 1. The molecular weight excluding hydrogens is 337 g/mol. The number of aromatic nitrogens is 1. The summed E-state index contributed by atoms with van der Waals surface area (Å²) >= 11 is 1.56. The van der Waals surface area contributed by atoms with Crippen molar-refractivity contribution < 1.29 is 12.8 Å². The van der Waals surface area contributed by atoms with Crippen molar-refractivity contribution in [2.75, 3.05) is 18.0 Å². The second-order valence-corrected chi connectivity index (χ2v) is 8.22. The van der Waals surface area contributed by atoms with E-state index in [4.69, 9.17) is 0 Å². The zero-order valence-electron chi connectivity index (χ0n) is 12.5. The van der Waals surface area contributed by atoms with Gasteiger partial charge < -0.3 is 4.90 Å². The third kappa shape index (κ3) is 4.27. The van der Waals surface area contributed by atoms with Gasteiger partial charge in [-0.2, -0.15) is 0 Å². The molecule has 1 aliphatic rings. The van der Waals surface area contributed by atoms with E-state index in [0.717, 1.165) is 24.5 Å². The van der Waals surface area contributed by atoms with Gasteiger partial charge in [-0.3, -0.25) is 0 Å². The Bertz CT molecular complexity index is 733. The second kappa shape index (κ2) is 6.94. The summed E-state index contributed by atoms with van der Waals surface area (Å²) < 4.78 is 39.9. The molecule has 2 heterocycles. The molecule has 5 nitrogen and oxygen atoms in total. The topological polar surface area (TPSA) is 62.3 Å². The number of benzene rings is 1. The van der Waals surface area contributed by atoms with Gasteiger partial charge in [0.2, 0.25) is 10.0 Å². The quantitative estimate of drug-likeness (QED) is 0.864. The zero-order chi connectivity index (χ0) is 16.3. The number of hydrogen-bond donors (Lipinski definition) is 1. The molecule has 0 spiro atoms. The predicted molar refractivity (Wildman–Crippen MR) is 89.5 cm³/mol. The van der Waals surface area contributed by atoms with Crippen LogP contribution in [-0.4, -0.2) is 32.5 Å². The van der Waals surface area contributed by atoms with Crippen LogP contribution >= 0.6 is 11.3 Å². The normalized spacial score (nSPS) is 18.5. The van der Waals surface area contributed by atoms with Crippen molar-refractivity contribution in [2.45, 2.75) is 24.6 Å². The Morgan fingerprint density at radius 2 is 2.13 bits per heavy atom. The smallest absolute Gasteiger partial charge is 0.215 e. The summed E-state index contributed by atoms with van der Waals surface area (Å²) in [6, 6.07) is 5.65. The maximum absolute atomic E-state index is 12.9. The molecule has 3 rings (SSSR count). The SMILES string of the molecule is O=S(=O)(Cc1ccc(F)cc1)NCC1CCCN1c1nccs1. The van der Waals surface area contributed by atoms with Gasteiger partial charge in [-0.25, -0.2) is 22.5 Å². The van der Waals surface area contributed by atoms with Gasteiger partial charge in [-0.05, 0) is 30.5 Å². The van der Waals surface area contributed by atoms with Gasteiger partial charge in [0.15, 0.2) is 5.13 Å². The number of thiazole rings is 1. The van der Waals surface area contributed by atoms with Crippen molar-refractivity contribution >= 4 is 26.5 Å². The first-order valence-electron chi connectivity index (χ1n) is 7.41. The van der Waals surface area contributed by atoms with Crippen LogP contribution in [0.3, 0.4) is 0 Å². The first kappa shape index (κ1) is 16.4. The van der Waals surface area contributed by atoms with Crippen LogP contribution < -0.4 is 9.62 Å². The first-order chi connectivity index (χ1) is 11.0. The van der Waals surface area contributed by atoms with Crippen molar-refractivity contribution in [3.63, 3.8) is 0 Å². The molecule has 1 aliphatic heterocycles. The number of rotatable bonds is 6. The Kier molecular flexibility index (Phi) is 4.93. The minimum atomic E-state index is -3.44. The van der Waals surface area contributed by atoms with Gasteiger partial charge in [0.1, 0.15) is 5.82 Å². The highest BCUT2D eigenvalue weighted by Gasteiger charge is 2.27. The number of sulfonamides is 1. The average Bonchev–Trinajstić information content (AvgIpc) is 3.17. The summed E-state index contributed by atoms with van der Waals surface area (Å²) in [4.78, 5) is 6.46. The molecule has 0 radical (unpaired) electrons. The molecule has 124 valence electrons. The average molecular weight is 355 g/mol. The molecule has 8 heteroatoms. The minimum absolute atomic E-state index is 0.129. The first-order valence-corrected chi connectivity index (χ1v) is 9.95. The monoisotopic (exact) mass is 355 g/mol. The largest absolute Gasteiger partial charge is 0.344 e. The van der Waals surface area contributed by atoms with Crippen molar-refractivity contribution in [3.05, 3.63) is 47.2 Å². The Morgan fingerprint density at radius 3 is 2.83 bits per heavy atom. The van der Waals surface area contributed by atoms with Crippen LogP contribution in [0.2, 0.25) is 0 Å². The molecule has 1 N–H and O–H groups in total. The van der Waals surface area contributed by atoms with Crippen LogP contribution in [0.4, 0.5) is 9.52 Å². The summed E-state index contributed by atoms with van der Waals surface area (Å²) in [6.45, 7) is 1.26. The second-order valence-electron chi connectivity index (χ2n) is 5.54. The summed E-state index contributed by atoms with van der Waals surface area (Å²) in [7, 11) is -3.44. The lowest BCUT2D eigenvalue weighted by Gasteiger charge is -2.24. The highest BCUT2D eigenvalue weighted by Crippen LogP contribution is 2.26. The molecule has 0 bridgehead atoms. The molecule has 2 aromatic rings. The molecule has 1 fully saturated rings. The molecule has 1 aromatic carbocycles. The minimum Gasteiger partial charge on any atom is -0.344 e. The summed E-state index contributed by atoms with van der Waals surface area (Å²) in [5.74, 6) is -0.513. The molecule has 0 saturated carbocycles. The van der Waals surface area contributed by atoms with Gasteiger partial charge in [0.25, 0.3) is 0 Å². The number of anilines is 1. The van der Waals surface area contributed by atoms with E-state index in [1.807, 2.05) is 5.38 Å². The standard InChI is InChI=1S/C15H18FN3O2S2/c16-13-5-3-12(4-6-13)11-23(20,21)18-10-14-2-1-8-19(14)15-17-7-9-22-15/h3-7,9,14,18H,1-2,8,10-11H2. The maximum atomic E-state index is 12.9. The van der Waals surface area contributed by atoms with E-state index < -0.39 is 10.0 Å². The Hall–Kier alpha value is -1.51. The van der Waals surface area contributed by atoms with Crippen LogP contribution in [-0.2, 0) is 15.8 Å².